The highest BCUT2D eigenvalue weighted by Crippen LogP contribution is 2.43. The average molecular weight is 744 g/mol. The Balaban J connectivity index is 0.956. The van der Waals surface area contributed by atoms with Crippen LogP contribution in [0.25, 0.3) is 71.9 Å². The van der Waals surface area contributed by atoms with Gasteiger partial charge >= 0.3 is 0 Å². The molecule has 0 unspecified atom stereocenters. The first kappa shape index (κ1) is 33.7. The molecule has 1 aliphatic heterocycles. The summed E-state index contributed by atoms with van der Waals surface area (Å²) in [6.45, 7) is 0. The zero-order valence-electron chi connectivity index (χ0n) is 31.7. The van der Waals surface area contributed by atoms with Crippen LogP contribution in [0.1, 0.15) is 11.1 Å². The number of anilines is 3. The Bertz CT molecular complexity index is 3140. The van der Waals surface area contributed by atoms with Gasteiger partial charge in [0.05, 0.1) is 0 Å². The Morgan fingerprint density at radius 1 is 0.379 bits per heavy atom. The van der Waals surface area contributed by atoms with E-state index in [-0.39, 0.29) is 0 Å². The lowest BCUT2D eigenvalue weighted by molar-refractivity contribution is 0.499. The maximum Gasteiger partial charge on any atom is 0.135 e. The van der Waals surface area contributed by atoms with Crippen LogP contribution in [0.4, 0.5) is 17.1 Å². The molecular weight excluding hydrogens is 707 g/mol. The highest BCUT2D eigenvalue weighted by molar-refractivity contribution is 6.09. The molecule has 0 radical (unpaired) electrons. The van der Waals surface area contributed by atoms with Gasteiger partial charge in [0, 0.05) is 39.0 Å². The number of hydrogen-bond acceptors (Lipinski definition) is 3. The van der Waals surface area contributed by atoms with Crippen molar-refractivity contribution in [2.24, 2.45) is 0 Å². The molecule has 10 aromatic rings. The maximum absolute atomic E-state index is 6.46. The minimum Gasteiger partial charge on any atom is -0.457 e. The molecular formula is C55H37NO2. The van der Waals surface area contributed by atoms with Gasteiger partial charge in [0.15, 0.2) is 0 Å². The molecule has 0 saturated carbocycles. The highest BCUT2D eigenvalue weighted by Gasteiger charge is 2.21. The number of rotatable bonds is 7. The van der Waals surface area contributed by atoms with Crippen molar-refractivity contribution in [1.82, 2.24) is 0 Å². The second kappa shape index (κ2) is 14.1. The van der Waals surface area contributed by atoms with Gasteiger partial charge in [-0.3, -0.25) is 0 Å². The maximum atomic E-state index is 6.46. The van der Waals surface area contributed by atoms with Gasteiger partial charge in [0.2, 0.25) is 0 Å². The van der Waals surface area contributed by atoms with Crippen molar-refractivity contribution >= 4 is 55.5 Å². The molecule has 274 valence electrons. The standard InChI is InChI=1S/C55H37NO2/c1-3-10-37(11-4-1)43-16-9-17-48(35-43)56(46-25-20-39(21-26-46)44-19-18-38-12-7-8-15-42(38)34-44)47-27-22-40(23-28-47)45-24-30-53-50(36-45)55-49-29-31-51(41-13-5-2-6-14-41)57-52(49)32-33-54(55)58-53/h1-28,30-36H,29H2. The summed E-state index contributed by atoms with van der Waals surface area (Å²) in [6.07, 6.45) is 2.95. The van der Waals surface area contributed by atoms with Crippen molar-refractivity contribution in [2.75, 3.05) is 4.90 Å². The van der Waals surface area contributed by atoms with Gasteiger partial charge in [0.25, 0.3) is 0 Å². The molecule has 1 aliphatic rings. The average Bonchev–Trinajstić information content (AvgIpc) is 3.68. The van der Waals surface area contributed by atoms with Crippen LogP contribution in [0.3, 0.4) is 0 Å². The molecule has 0 amide bonds. The second-order valence-electron chi connectivity index (χ2n) is 14.9. The Morgan fingerprint density at radius 2 is 0.948 bits per heavy atom. The van der Waals surface area contributed by atoms with Gasteiger partial charge < -0.3 is 14.1 Å². The van der Waals surface area contributed by atoms with Gasteiger partial charge in [-0.2, -0.15) is 0 Å². The molecule has 0 fully saturated rings. The van der Waals surface area contributed by atoms with Crippen LogP contribution in [-0.2, 0) is 6.42 Å². The number of nitrogens with zero attached hydrogens (tertiary/aromatic N) is 1. The van der Waals surface area contributed by atoms with Crippen molar-refractivity contribution in [3.63, 3.8) is 0 Å². The molecule has 0 atom stereocenters. The van der Waals surface area contributed by atoms with Crippen LogP contribution in [0, 0.1) is 0 Å². The molecule has 58 heavy (non-hydrogen) atoms. The smallest absolute Gasteiger partial charge is 0.135 e. The van der Waals surface area contributed by atoms with Crippen LogP contribution in [0.15, 0.2) is 217 Å². The Hall–Kier alpha value is -7.62. The summed E-state index contributed by atoms with van der Waals surface area (Å²) >= 11 is 0. The summed E-state index contributed by atoms with van der Waals surface area (Å²) in [6, 6.07) is 73.3. The van der Waals surface area contributed by atoms with Crippen LogP contribution in [0.5, 0.6) is 5.75 Å². The molecule has 0 aliphatic carbocycles. The summed E-state index contributed by atoms with van der Waals surface area (Å²) in [5, 5.41) is 4.70. The molecule has 9 aromatic carbocycles. The topological polar surface area (TPSA) is 25.6 Å². The molecule has 0 saturated heterocycles. The third-order valence-electron chi connectivity index (χ3n) is 11.3. The summed E-state index contributed by atoms with van der Waals surface area (Å²) in [7, 11) is 0. The predicted molar refractivity (Wildman–Crippen MR) is 241 cm³/mol. The fourth-order valence-corrected chi connectivity index (χ4v) is 8.41. The quantitative estimate of drug-likeness (QED) is 0.163. The number of ether oxygens (including phenoxy) is 1. The third-order valence-corrected chi connectivity index (χ3v) is 11.3. The molecule has 11 rings (SSSR count). The molecule has 3 heteroatoms. The summed E-state index contributed by atoms with van der Waals surface area (Å²) < 4.78 is 12.8. The van der Waals surface area contributed by atoms with E-state index in [0.29, 0.717) is 0 Å². The van der Waals surface area contributed by atoms with Crippen LogP contribution >= 0.6 is 0 Å². The molecule has 1 aromatic heterocycles. The number of allylic oxidation sites excluding steroid dienone is 1. The van der Waals surface area contributed by atoms with Crippen molar-refractivity contribution < 1.29 is 9.15 Å². The van der Waals surface area contributed by atoms with Crippen LogP contribution in [-0.4, -0.2) is 0 Å². The number of fused-ring (bicyclic) bond motifs is 6. The summed E-state index contributed by atoms with van der Waals surface area (Å²) in [5.41, 5.74) is 14.3. The fourth-order valence-electron chi connectivity index (χ4n) is 8.41. The van der Waals surface area contributed by atoms with E-state index in [2.05, 4.69) is 187 Å². The SMILES string of the molecule is C1=C(c2ccccc2)Oc2ccc3oc4ccc(-c5ccc(N(c6ccc(-c7ccc8ccccc8c7)cc6)c6cccc(-c7ccccc7)c6)cc5)cc4c3c2C1. The minimum atomic E-state index is 0.773. The lowest BCUT2D eigenvalue weighted by Gasteiger charge is -2.26. The largest absolute Gasteiger partial charge is 0.457 e. The zero-order valence-corrected chi connectivity index (χ0v) is 31.7. The van der Waals surface area contributed by atoms with Gasteiger partial charge in [-0.1, -0.05) is 140 Å². The third kappa shape index (κ3) is 6.10. The van der Waals surface area contributed by atoms with Crippen LogP contribution in [0.2, 0.25) is 0 Å². The monoisotopic (exact) mass is 743 g/mol. The van der Waals surface area contributed by atoms with E-state index in [9.17, 15) is 0 Å². The lowest BCUT2D eigenvalue weighted by Crippen LogP contribution is -2.10. The van der Waals surface area contributed by atoms with E-state index < -0.39 is 0 Å². The van der Waals surface area contributed by atoms with Gasteiger partial charge in [0.1, 0.15) is 22.7 Å². The summed E-state index contributed by atoms with van der Waals surface area (Å²) in [5.74, 6) is 1.77. The minimum absolute atomic E-state index is 0.773. The van der Waals surface area contributed by atoms with E-state index in [4.69, 9.17) is 9.15 Å². The number of hydrogen-bond donors (Lipinski definition) is 0. The predicted octanol–water partition coefficient (Wildman–Crippen LogP) is 15.2. The van der Waals surface area contributed by atoms with E-state index in [1.165, 1.54) is 33.0 Å². The molecule has 2 heterocycles. The Kier molecular flexibility index (Phi) is 8.22. The fraction of sp³-hybridized carbons (Fsp3) is 0.0182. The van der Waals surface area contributed by atoms with Gasteiger partial charge in [-0.25, -0.2) is 0 Å². The lowest BCUT2D eigenvalue weighted by atomic mass is 9.97. The van der Waals surface area contributed by atoms with E-state index in [1.54, 1.807) is 0 Å². The Labute approximate surface area is 337 Å². The highest BCUT2D eigenvalue weighted by atomic mass is 16.5. The first-order valence-corrected chi connectivity index (χ1v) is 19.8. The molecule has 0 spiro atoms. The zero-order chi connectivity index (χ0) is 38.4. The van der Waals surface area contributed by atoms with E-state index >= 15 is 0 Å². The second-order valence-corrected chi connectivity index (χ2v) is 14.9. The first-order chi connectivity index (χ1) is 28.7. The van der Waals surface area contributed by atoms with Crippen molar-refractivity contribution in [1.29, 1.82) is 0 Å². The van der Waals surface area contributed by atoms with Gasteiger partial charge in [-0.15, -0.1) is 0 Å². The Morgan fingerprint density at radius 3 is 1.69 bits per heavy atom. The van der Waals surface area contributed by atoms with E-state index in [0.717, 1.165) is 79.2 Å². The molecule has 0 N–H and O–H groups in total. The van der Waals surface area contributed by atoms with Crippen molar-refractivity contribution in [2.45, 2.75) is 6.42 Å². The number of furan rings is 1. The number of benzene rings is 9. The first-order valence-electron chi connectivity index (χ1n) is 19.8. The molecule has 3 nitrogen and oxygen atoms in total. The van der Waals surface area contributed by atoms with E-state index in [1.807, 2.05) is 30.3 Å². The van der Waals surface area contributed by atoms with Gasteiger partial charge in [-0.05, 0) is 123 Å². The van der Waals surface area contributed by atoms with Crippen LogP contribution < -0.4 is 9.64 Å². The molecule has 0 bridgehead atoms. The normalized spacial score (nSPS) is 12.3. The summed E-state index contributed by atoms with van der Waals surface area (Å²) in [4.78, 5) is 2.34. The van der Waals surface area contributed by atoms with Crippen molar-refractivity contribution in [3.05, 3.63) is 223 Å². The van der Waals surface area contributed by atoms with Crippen molar-refractivity contribution in [3.8, 4) is 39.1 Å².